The summed E-state index contributed by atoms with van der Waals surface area (Å²) in [5, 5.41) is 6.48. The summed E-state index contributed by atoms with van der Waals surface area (Å²) in [6, 6.07) is 12.4. The summed E-state index contributed by atoms with van der Waals surface area (Å²) < 4.78 is 0. The number of fused-ring (bicyclic) bond motifs is 1. The lowest BCUT2D eigenvalue weighted by molar-refractivity contribution is 0.713. The number of thiophene rings is 1. The van der Waals surface area contributed by atoms with E-state index in [2.05, 4.69) is 28.9 Å². The van der Waals surface area contributed by atoms with Gasteiger partial charge in [-0.15, -0.1) is 11.3 Å². The van der Waals surface area contributed by atoms with Crippen LogP contribution < -0.4 is 5.32 Å². The molecule has 19 heavy (non-hydrogen) atoms. The molecular formula is C15H14N2S2. The van der Waals surface area contributed by atoms with Gasteiger partial charge in [0.1, 0.15) is 15.5 Å². The third-order valence-electron chi connectivity index (χ3n) is 3.14. The Hall–Kier alpha value is -1.52. The zero-order valence-corrected chi connectivity index (χ0v) is 12.4. The molecule has 0 amide bonds. The highest BCUT2D eigenvalue weighted by Gasteiger charge is 2.29. The highest BCUT2D eigenvalue weighted by Crippen LogP contribution is 2.32. The van der Waals surface area contributed by atoms with Crippen molar-refractivity contribution in [2.75, 3.05) is 5.32 Å². The third-order valence-corrected chi connectivity index (χ3v) is 4.57. The zero-order valence-electron chi connectivity index (χ0n) is 10.8. The van der Waals surface area contributed by atoms with Gasteiger partial charge in [-0.3, -0.25) is 4.99 Å². The van der Waals surface area contributed by atoms with Crippen LogP contribution in [-0.2, 0) is 0 Å². The van der Waals surface area contributed by atoms with E-state index in [0.717, 1.165) is 26.8 Å². The van der Waals surface area contributed by atoms with Gasteiger partial charge in [-0.1, -0.05) is 42.5 Å². The Bertz CT molecular complexity index is 654. The molecular weight excluding hydrogens is 272 g/mol. The van der Waals surface area contributed by atoms with E-state index in [1.54, 1.807) is 11.3 Å². The first-order chi connectivity index (χ1) is 9.08. The Kier molecular flexibility index (Phi) is 2.99. The summed E-state index contributed by atoms with van der Waals surface area (Å²) in [7, 11) is 0. The Labute approximate surface area is 122 Å². The summed E-state index contributed by atoms with van der Waals surface area (Å²) in [4.78, 5) is 5.66. The van der Waals surface area contributed by atoms with Crippen LogP contribution in [0.4, 0.5) is 5.00 Å². The maximum atomic E-state index is 5.46. The minimum absolute atomic E-state index is 0.390. The smallest absolute Gasteiger partial charge is 0.108 e. The van der Waals surface area contributed by atoms with Crippen molar-refractivity contribution in [1.82, 2.24) is 0 Å². The molecule has 3 rings (SSSR count). The molecule has 0 aliphatic carbocycles. The first kappa shape index (κ1) is 12.5. The van der Waals surface area contributed by atoms with E-state index in [0.29, 0.717) is 0 Å². The van der Waals surface area contributed by atoms with Gasteiger partial charge in [-0.25, -0.2) is 0 Å². The zero-order chi connectivity index (χ0) is 13.5. The van der Waals surface area contributed by atoms with E-state index in [1.165, 1.54) is 0 Å². The van der Waals surface area contributed by atoms with Crippen molar-refractivity contribution in [2.24, 2.45) is 4.99 Å². The van der Waals surface area contributed by atoms with Crippen molar-refractivity contribution in [3.8, 4) is 0 Å². The summed E-state index contributed by atoms with van der Waals surface area (Å²) in [6.07, 6.45) is 0. The monoisotopic (exact) mass is 286 g/mol. The van der Waals surface area contributed by atoms with Crippen LogP contribution in [0.3, 0.4) is 0 Å². The molecule has 0 unspecified atom stereocenters. The average Bonchev–Trinajstić information content (AvgIpc) is 2.81. The first-order valence-electron chi connectivity index (χ1n) is 6.12. The van der Waals surface area contributed by atoms with Crippen LogP contribution in [0.15, 0.2) is 46.8 Å². The number of nitrogens with zero attached hydrogens (tertiary/aromatic N) is 1. The number of hydrogen-bond donors (Lipinski definition) is 1. The molecule has 1 aromatic heterocycles. The molecule has 1 aliphatic rings. The molecule has 0 fully saturated rings. The Balaban J connectivity index is 2.23. The number of aliphatic imine (C=N–C) groups is 1. The van der Waals surface area contributed by atoms with Crippen LogP contribution in [0.5, 0.6) is 0 Å². The second kappa shape index (κ2) is 4.54. The maximum absolute atomic E-state index is 5.46. The fourth-order valence-corrected chi connectivity index (χ4v) is 3.06. The van der Waals surface area contributed by atoms with E-state index < -0.39 is 0 Å². The molecule has 0 atom stereocenters. The van der Waals surface area contributed by atoms with E-state index in [9.17, 15) is 0 Å². The van der Waals surface area contributed by atoms with Gasteiger partial charge in [0.15, 0.2) is 0 Å². The molecule has 0 spiro atoms. The van der Waals surface area contributed by atoms with E-state index >= 15 is 0 Å². The summed E-state index contributed by atoms with van der Waals surface area (Å²) in [6.45, 7) is 4.09. The standard InChI is InChI=1S/C15H14N2S2/c1-15(2)14(18)16-13-11(8-9-19-13)12(17-15)10-6-4-3-5-7-10/h3-9H,1-2H3,(H,16,18). The van der Waals surface area contributed by atoms with E-state index in [4.69, 9.17) is 17.2 Å². The molecule has 2 aromatic rings. The van der Waals surface area contributed by atoms with Crippen molar-refractivity contribution < 1.29 is 0 Å². The molecule has 0 bridgehead atoms. The lowest BCUT2D eigenvalue weighted by Crippen LogP contribution is -2.33. The van der Waals surface area contributed by atoms with E-state index in [1.807, 2.05) is 32.0 Å². The van der Waals surface area contributed by atoms with Crippen LogP contribution >= 0.6 is 23.6 Å². The molecule has 1 N–H and O–H groups in total. The largest absolute Gasteiger partial charge is 0.339 e. The second-order valence-corrected chi connectivity index (χ2v) is 6.33. The Morgan fingerprint density at radius 2 is 1.89 bits per heavy atom. The molecule has 2 nitrogen and oxygen atoms in total. The number of nitrogens with one attached hydrogen (secondary N) is 1. The van der Waals surface area contributed by atoms with Gasteiger partial charge in [0, 0.05) is 11.1 Å². The Morgan fingerprint density at radius 3 is 2.63 bits per heavy atom. The van der Waals surface area contributed by atoms with Gasteiger partial charge in [0.05, 0.1) is 5.71 Å². The molecule has 1 aromatic carbocycles. The van der Waals surface area contributed by atoms with Gasteiger partial charge >= 0.3 is 0 Å². The number of anilines is 1. The van der Waals surface area contributed by atoms with Crippen LogP contribution in [0.1, 0.15) is 25.0 Å². The minimum atomic E-state index is -0.390. The SMILES string of the molecule is CC1(C)N=C(c2ccccc2)c2ccsc2NC1=S. The van der Waals surface area contributed by atoms with E-state index in [-0.39, 0.29) is 5.54 Å². The molecule has 0 radical (unpaired) electrons. The van der Waals surface area contributed by atoms with Crippen LogP contribution in [-0.4, -0.2) is 16.2 Å². The number of hydrogen-bond acceptors (Lipinski definition) is 3. The predicted octanol–water partition coefficient (Wildman–Crippen LogP) is 4.12. The molecule has 0 saturated heterocycles. The molecule has 2 heterocycles. The van der Waals surface area contributed by atoms with Crippen molar-refractivity contribution in [1.29, 1.82) is 0 Å². The Morgan fingerprint density at radius 1 is 1.16 bits per heavy atom. The van der Waals surface area contributed by atoms with Crippen molar-refractivity contribution in [3.05, 3.63) is 52.9 Å². The van der Waals surface area contributed by atoms with Gasteiger partial charge < -0.3 is 5.32 Å². The molecule has 1 aliphatic heterocycles. The third kappa shape index (κ3) is 2.22. The van der Waals surface area contributed by atoms with Crippen LogP contribution in [0.2, 0.25) is 0 Å². The molecule has 4 heteroatoms. The highest BCUT2D eigenvalue weighted by molar-refractivity contribution is 7.80. The van der Waals surface area contributed by atoms with Crippen LogP contribution in [0.25, 0.3) is 0 Å². The minimum Gasteiger partial charge on any atom is -0.339 e. The van der Waals surface area contributed by atoms with Crippen LogP contribution in [0, 0.1) is 0 Å². The second-order valence-electron chi connectivity index (χ2n) is 5.00. The number of thiocarbonyl (C=S) groups is 1. The van der Waals surface area contributed by atoms with Gasteiger partial charge in [-0.05, 0) is 25.3 Å². The highest BCUT2D eigenvalue weighted by atomic mass is 32.1. The topological polar surface area (TPSA) is 24.4 Å². The average molecular weight is 286 g/mol. The van der Waals surface area contributed by atoms with Crippen molar-refractivity contribution in [3.63, 3.8) is 0 Å². The van der Waals surface area contributed by atoms with Gasteiger partial charge in [-0.2, -0.15) is 0 Å². The fraction of sp³-hybridized carbons (Fsp3) is 0.200. The lowest BCUT2D eigenvalue weighted by Gasteiger charge is -2.20. The number of rotatable bonds is 1. The first-order valence-corrected chi connectivity index (χ1v) is 7.41. The maximum Gasteiger partial charge on any atom is 0.108 e. The molecule has 96 valence electrons. The lowest BCUT2D eigenvalue weighted by atomic mass is 10.0. The summed E-state index contributed by atoms with van der Waals surface area (Å²) in [5.41, 5.74) is 2.87. The molecule has 0 saturated carbocycles. The summed E-state index contributed by atoms with van der Waals surface area (Å²) >= 11 is 7.12. The fourth-order valence-electron chi connectivity index (χ4n) is 2.06. The van der Waals surface area contributed by atoms with Gasteiger partial charge in [0.25, 0.3) is 0 Å². The van der Waals surface area contributed by atoms with Crippen molar-refractivity contribution >= 4 is 39.3 Å². The van der Waals surface area contributed by atoms with Crippen molar-refractivity contribution in [2.45, 2.75) is 19.4 Å². The summed E-state index contributed by atoms with van der Waals surface area (Å²) in [5.74, 6) is 0. The van der Waals surface area contributed by atoms with Gasteiger partial charge in [0.2, 0.25) is 0 Å². The predicted molar refractivity (Wildman–Crippen MR) is 86.7 cm³/mol. The quantitative estimate of drug-likeness (QED) is 0.798. The number of benzene rings is 1. The normalized spacial score (nSPS) is 17.2.